The molecular formula is C14H14ClFN4. The molecule has 2 aromatic heterocycles. The normalized spacial score (nSPS) is 22.6. The van der Waals surface area contributed by atoms with E-state index >= 15 is 0 Å². The Kier molecular flexibility index (Phi) is 3.60. The van der Waals surface area contributed by atoms with Crippen LogP contribution in [0.4, 0.5) is 4.39 Å². The highest BCUT2D eigenvalue weighted by atomic mass is 35.5. The summed E-state index contributed by atoms with van der Waals surface area (Å²) in [6.45, 7) is 2.89. The average Bonchev–Trinajstić information content (AvgIpc) is 2.77. The lowest BCUT2D eigenvalue weighted by Gasteiger charge is -2.29. The molecule has 0 aliphatic carbocycles. The molecule has 0 bridgehead atoms. The van der Waals surface area contributed by atoms with E-state index in [9.17, 15) is 4.39 Å². The van der Waals surface area contributed by atoms with Crippen molar-refractivity contribution >= 4 is 22.6 Å². The molecule has 1 aliphatic heterocycles. The molecule has 2 atom stereocenters. The van der Waals surface area contributed by atoms with Crippen LogP contribution in [0.25, 0.3) is 11.0 Å². The van der Waals surface area contributed by atoms with Gasteiger partial charge in [0.1, 0.15) is 11.8 Å². The standard InChI is InChI=1S/C14H14ClFN4/c1-2-3-10-6-9-7-18-14(15)19-13(9)20(10)12-4-5-17-8-11(12)16/h6-7,11-12,17H,4-5,8H2,1H3/t11-,12+/m0/s1. The minimum Gasteiger partial charge on any atom is -0.314 e. The lowest BCUT2D eigenvalue weighted by atomic mass is 10.0. The van der Waals surface area contributed by atoms with Crippen LogP contribution in [0.1, 0.15) is 25.1 Å². The second-order valence-corrected chi connectivity index (χ2v) is 5.11. The maximum atomic E-state index is 14.3. The summed E-state index contributed by atoms with van der Waals surface area (Å²) in [6.07, 6.45) is 1.38. The topological polar surface area (TPSA) is 42.7 Å². The van der Waals surface area contributed by atoms with Crippen molar-refractivity contribution in [1.82, 2.24) is 19.9 Å². The summed E-state index contributed by atoms with van der Waals surface area (Å²) in [5, 5.41) is 4.05. The second kappa shape index (κ2) is 5.39. The van der Waals surface area contributed by atoms with Gasteiger partial charge in [-0.1, -0.05) is 5.92 Å². The zero-order valence-electron chi connectivity index (χ0n) is 11.0. The molecular weight excluding hydrogens is 279 g/mol. The number of hydrogen-bond acceptors (Lipinski definition) is 3. The van der Waals surface area contributed by atoms with Gasteiger partial charge in [0, 0.05) is 18.1 Å². The fourth-order valence-electron chi connectivity index (χ4n) is 2.64. The van der Waals surface area contributed by atoms with E-state index in [-0.39, 0.29) is 11.3 Å². The van der Waals surface area contributed by atoms with E-state index in [1.165, 1.54) is 0 Å². The molecule has 4 nitrogen and oxygen atoms in total. The van der Waals surface area contributed by atoms with E-state index in [1.54, 1.807) is 13.1 Å². The first-order valence-corrected chi connectivity index (χ1v) is 6.89. The lowest BCUT2D eigenvalue weighted by molar-refractivity contribution is 0.186. The molecule has 0 radical (unpaired) electrons. The van der Waals surface area contributed by atoms with Gasteiger partial charge in [-0.25, -0.2) is 9.37 Å². The third-order valence-electron chi connectivity index (χ3n) is 3.50. The Bertz CT molecular complexity index is 700. The van der Waals surface area contributed by atoms with Crippen molar-refractivity contribution in [3.8, 4) is 11.8 Å². The summed E-state index contributed by atoms with van der Waals surface area (Å²) in [7, 11) is 0. The maximum Gasteiger partial charge on any atom is 0.224 e. The number of alkyl halides is 1. The molecule has 104 valence electrons. The van der Waals surface area contributed by atoms with Crippen LogP contribution in [0.5, 0.6) is 0 Å². The highest BCUT2D eigenvalue weighted by Crippen LogP contribution is 2.29. The highest BCUT2D eigenvalue weighted by Gasteiger charge is 2.29. The van der Waals surface area contributed by atoms with Crippen molar-refractivity contribution in [2.75, 3.05) is 13.1 Å². The first-order valence-electron chi connectivity index (χ1n) is 6.51. The molecule has 1 aliphatic rings. The van der Waals surface area contributed by atoms with Crippen molar-refractivity contribution in [2.45, 2.75) is 25.6 Å². The smallest absolute Gasteiger partial charge is 0.224 e. The number of hydrogen-bond donors (Lipinski definition) is 1. The van der Waals surface area contributed by atoms with Gasteiger partial charge in [-0.3, -0.25) is 0 Å². The first kappa shape index (κ1) is 13.3. The molecule has 1 fully saturated rings. The maximum absolute atomic E-state index is 14.3. The van der Waals surface area contributed by atoms with Gasteiger partial charge in [-0.15, -0.1) is 0 Å². The van der Waals surface area contributed by atoms with Crippen LogP contribution in [0, 0.1) is 11.8 Å². The van der Waals surface area contributed by atoms with Crippen LogP contribution in [-0.2, 0) is 0 Å². The summed E-state index contributed by atoms with van der Waals surface area (Å²) in [4.78, 5) is 8.22. The van der Waals surface area contributed by atoms with Crippen molar-refractivity contribution < 1.29 is 4.39 Å². The van der Waals surface area contributed by atoms with Crippen molar-refractivity contribution in [3.05, 3.63) is 23.2 Å². The Morgan fingerprint density at radius 1 is 1.55 bits per heavy atom. The Morgan fingerprint density at radius 2 is 2.40 bits per heavy atom. The van der Waals surface area contributed by atoms with E-state index in [1.807, 2.05) is 10.6 Å². The molecule has 0 saturated carbocycles. The van der Waals surface area contributed by atoms with Gasteiger partial charge in [0.2, 0.25) is 5.28 Å². The number of nitrogens with one attached hydrogen (secondary N) is 1. The summed E-state index contributed by atoms with van der Waals surface area (Å²) in [6, 6.07) is 1.62. The molecule has 0 spiro atoms. The summed E-state index contributed by atoms with van der Waals surface area (Å²) in [5.74, 6) is 5.88. The quantitative estimate of drug-likeness (QED) is 0.648. The van der Waals surface area contributed by atoms with Crippen LogP contribution in [0.3, 0.4) is 0 Å². The molecule has 6 heteroatoms. The molecule has 3 heterocycles. The van der Waals surface area contributed by atoms with Crippen LogP contribution in [-0.4, -0.2) is 33.8 Å². The monoisotopic (exact) mass is 292 g/mol. The van der Waals surface area contributed by atoms with E-state index in [0.29, 0.717) is 18.6 Å². The van der Waals surface area contributed by atoms with E-state index in [0.717, 1.165) is 17.6 Å². The Morgan fingerprint density at radius 3 is 3.15 bits per heavy atom. The minimum absolute atomic E-state index is 0.164. The molecule has 0 amide bonds. The number of halogens is 2. The van der Waals surface area contributed by atoms with Gasteiger partial charge in [0.15, 0.2) is 0 Å². The molecule has 0 unspecified atom stereocenters. The Balaban J connectivity index is 2.21. The van der Waals surface area contributed by atoms with E-state index in [2.05, 4.69) is 27.1 Å². The number of nitrogens with zero attached hydrogens (tertiary/aromatic N) is 3. The van der Waals surface area contributed by atoms with Crippen LogP contribution >= 0.6 is 11.6 Å². The predicted molar refractivity (Wildman–Crippen MR) is 76.5 cm³/mol. The van der Waals surface area contributed by atoms with Gasteiger partial charge >= 0.3 is 0 Å². The van der Waals surface area contributed by atoms with Crippen LogP contribution in [0.15, 0.2) is 12.3 Å². The largest absolute Gasteiger partial charge is 0.314 e. The first-order chi connectivity index (χ1) is 9.70. The van der Waals surface area contributed by atoms with Gasteiger partial charge in [0.05, 0.1) is 11.7 Å². The molecule has 2 aromatic rings. The van der Waals surface area contributed by atoms with Crippen molar-refractivity contribution in [3.63, 3.8) is 0 Å². The second-order valence-electron chi connectivity index (χ2n) is 4.77. The zero-order valence-corrected chi connectivity index (χ0v) is 11.8. The summed E-state index contributed by atoms with van der Waals surface area (Å²) >= 11 is 5.87. The number of aromatic nitrogens is 3. The zero-order chi connectivity index (χ0) is 14.1. The SMILES string of the molecule is CC#Cc1cc2cnc(Cl)nc2n1[C@@H]1CCNC[C@@H]1F. The fraction of sp³-hybridized carbons (Fsp3) is 0.429. The van der Waals surface area contributed by atoms with Crippen molar-refractivity contribution in [2.24, 2.45) is 0 Å². The van der Waals surface area contributed by atoms with Gasteiger partial charge in [-0.2, -0.15) is 4.98 Å². The lowest BCUT2D eigenvalue weighted by Crippen LogP contribution is -2.39. The van der Waals surface area contributed by atoms with E-state index in [4.69, 9.17) is 11.6 Å². The third kappa shape index (κ3) is 2.26. The van der Waals surface area contributed by atoms with Crippen LogP contribution in [0.2, 0.25) is 5.28 Å². The highest BCUT2D eigenvalue weighted by molar-refractivity contribution is 6.28. The number of rotatable bonds is 1. The number of piperidine rings is 1. The molecule has 3 rings (SSSR count). The molecule has 1 saturated heterocycles. The number of fused-ring (bicyclic) bond motifs is 1. The molecule has 0 aromatic carbocycles. The third-order valence-corrected chi connectivity index (χ3v) is 3.69. The van der Waals surface area contributed by atoms with Gasteiger partial charge < -0.3 is 9.88 Å². The van der Waals surface area contributed by atoms with Crippen LogP contribution < -0.4 is 5.32 Å². The van der Waals surface area contributed by atoms with Gasteiger partial charge in [-0.05, 0) is 43.5 Å². The molecule has 1 N–H and O–H groups in total. The van der Waals surface area contributed by atoms with Gasteiger partial charge in [0.25, 0.3) is 0 Å². The fourth-order valence-corrected chi connectivity index (χ4v) is 2.77. The minimum atomic E-state index is -0.967. The van der Waals surface area contributed by atoms with E-state index < -0.39 is 6.17 Å². The summed E-state index contributed by atoms with van der Waals surface area (Å²) < 4.78 is 16.1. The molecule has 20 heavy (non-hydrogen) atoms. The average molecular weight is 293 g/mol. The summed E-state index contributed by atoms with van der Waals surface area (Å²) in [5.41, 5.74) is 1.41. The van der Waals surface area contributed by atoms with Crippen molar-refractivity contribution in [1.29, 1.82) is 0 Å². The Hall–Kier alpha value is -1.64. The predicted octanol–water partition coefficient (Wildman–Crippen LogP) is 2.33. The Labute approximate surface area is 121 Å².